The molecule has 4 atom stereocenters. The summed E-state index contributed by atoms with van der Waals surface area (Å²) in [5.74, 6) is 1.29. The highest BCUT2D eigenvalue weighted by molar-refractivity contribution is 8.22. The van der Waals surface area contributed by atoms with Gasteiger partial charge in [0.15, 0.2) is 0 Å². The first-order valence-corrected chi connectivity index (χ1v) is 10.6. The van der Waals surface area contributed by atoms with Gasteiger partial charge in [-0.3, -0.25) is 0 Å². The maximum atomic E-state index is 6.09. The molecule has 0 unspecified atom stereocenters. The third-order valence-electron chi connectivity index (χ3n) is 4.36. The summed E-state index contributed by atoms with van der Waals surface area (Å²) in [5, 5.41) is 0. The van der Waals surface area contributed by atoms with Crippen molar-refractivity contribution >= 4 is 28.4 Å². The van der Waals surface area contributed by atoms with E-state index in [4.69, 9.17) is 21.7 Å². The summed E-state index contributed by atoms with van der Waals surface area (Å²) in [6.07, 6.45) is 6.15. The lowest BCUT2D eigenvalue weighted by molar-refractivity contribution is 0.0105. The molecule has 0 aliphatic rings. The van der Waals surface area contributed by atoms with Crippen molar-refractivity contribution in [2.24, 2.45) is 17.8 Å². The van der Waals surface area contributed by atoms with E-state index in [2.05, 4.69) is 39.5 Å². The van der Waals surface area contributed by atoms with E-state index in [1.165, 1.54) is 17.3 Å². The molecule has 2 nitrogen and oxygen atoms in total. The van der Waals surface area contributed by atoms with Gasteiger partial charge in [0.05, 0.1) is 13.2 Å². The molecule has 0 aliphatic heterocycles. The number of ether oxygens (including phenoxy) is 2. The van der Waals surface area contributed by atoms with Crippen molar-refractivity contribution in [3.63, 3.8) is 0 Å². The molecule has 0 amide bonds. The Kier molecular flexibility index (Phi) is 11.1. The monoisotopic (exact) mass is 380 g/mol. The van der Waals surface area contributed by atoms with Gasteiger partial charge in [0.2, 0.25) is 4.38 Å². The lowest BCUT2D eigenvalue weighted by Gasteiger charge is -2.31. The molecule has 0 saturated heterocycles. The molecule has 0 radical (unpaired) electrons. The third-order valence-corrected chi connectivity index (χ3v) is 5.38. The molecular formula is C21H32O2S2. The molecule has 0 aliphatic carbocycles. The van der Waals surface area contributed by atoms with Gasteiger partial charge in [-0.25, -0.2) is 0 Å². The van der Waals surface area contributed by atoms with Crippen LogP contribution in [0.4, 0.5) is 0 Å². The van der Waals surface area contributed by atoms with Gasteiger partial charge in [0.25, 0.3) is 0 Å². The topological polar surface area (TPSA) is 18.5 Å². The number of thiocarbonyl (C=S) groups is 1. The van der Waals surface area contributed by atoms with Crippen LogP contribution in [-0.4, -0.2) is 23.3 Å². The molecule has 25 heavy (non-hydrogen) atoms. The quantitative estimate of drug-likeness (QED) is 0.340. The van der Waals surface area contributed by atoms with E-state index in [0.717, 1.165) is 12.8 Å². The molecule has 0 saturated carbocycles. The molecule has 0 N–H and O–H groups in total. The zero-order chi connectivity index (χ0) is 18.7. The fraction of sp³-hybridized carbons (Fsp3) is 0.571. The number of benzene rings is 1. The molecule has 0 heterocycles. The summed E-state index contributed by atoms with van der Waals surface area (Å²) in [7, 11) is 0. The molecule has 1 aromatic carbocycles. The molecule has 140 valence electrons. The SMILES string of the molecule is C=CC[C@H](C)C[C@H](C)[C@H](OC(=S)SC)[C@H](C)COCc1ccccc1. The molecule has 1 aromatic rings. The van der Waals surface area contributed by atoms with Gasteiger partial charge in [-0.15, -0.1) is 6.58 Å². The average Bonchev–Trinajstić information content (AvgIpc) is 2.60. The molecule has 0 fully saturated rings. The van der Waals surface area contributed by atoms with Gasteiger partial charge in [0.1, 0.15) is 6.10 Å². The molecule has 0 bridgehead atoms. The zero-order valence-corrected chi connectivity index (χ0v) is 17.6. The summed E-state index contributed by atoms with van der Waals surface area (Å²) in [4.78, 5) is 0. The second-order valence-corrected chi connectivity index (χ2v) is 8.27. The fourth-order valence-corrected chi connectivity index (χ4v) is 3.45. The van der Waals surface area contributed by atoms with Crippen LogP contribution in [0.25, 0.3) is 0 Å². The Morgan fingerprint density at radius 3 is 2.48 bits per heavy atom. The van der Waals surface area contributed by atoms with E-state index in [1.54, 1.807) is 0 Å². The molecule has 1 rings (SSSR count). The van der Waals surface area contributed by atoms with E-state index >= 15 is 0 Å². The first-order valence-electron chi connectivity index (χ1n) is 8.95. The van der Waals surface area contributed by atoms with Gasteiger partial charge in [-0.1, -0.05) is 68.9 Å². The Morgan fingerprint density at radius 1 is 1.20 bits per heavy atom. The van der Waals surface area contributed by atoms with Crippen LogP contribution in [0.2, 0.25) is 0 Å². The predicted octanol–water partition coefficient (Wildman–Crippen LogP) is 6.11. The summed E-state index contributed by atoms with van der Waals surface area (Å²) in [6.45, 7) is 11.8. The van der Waals surface area contributed by atoms with Crippen LogP contribution < -0.4 is 0 Å². The van der Waals surface area contributed by atoms with Gasteiger partial charge in [-0.05, 0) is 48.7 Å². The minimum Gasteiger partial charge on any atom is -0.475 e. The van der Waals surface area contributed by atoms with Crippen LogP contribution in [0.5, 0.6) is 0 Å². The highest BCUT2D eigenvalue weighted by Crippen LogP contribution is 2.27. The predicted molar refractivity (Wildman–Crippen MR) is 114 cm³/mol. The smallest absolute Gasteiger partial charge is 0.219 e. The Labute approximate surface area is 163 Å². The van der Waals surface area contributed by atoms with Crippen molar-refractivity contribution < 1.29 is 9.47 Å². The third kappa shape index (κ3) is 8.89. The van der Waals surface area contributed by atoms with Crippen molar-refractivity contribution in [2.45, 2.75) is 46.3 Å². The molecule has 0 aromatic heterocycles. The number of allylic oxidation sites excluding steroid dienone is 1. The van der Waals surface area contributed by atoms with Crippen molar-refractivity contribution in [1.29, 1.82) is 0 Å². The number of thioether (sulfide) groups is 1. The lowest BCUT2D eigenvalue weighted by atomic mass is 9.86. The normalized spacial score (nSPS) is 15.8. The maximum Gasteiger partial charge on any atom is 0.219 e. The Bertz CT molecular complexity index is 504. The molecule has 4 heteroatoms. The highest BCUT2D eigenvalue weighted by Gasteiger charge is 2.27. The summed E-state index contributed by atoms with van der Waals surface area (Å²) in [5.41, 5.74) is 1.19. The first-order chi connectivity index (χ1) is 12.0. The Morgan fingerprint density at radius 2 is 1.88 bits per heavy atom. The van der Waals surface area contributed by atoms with Gasteiger partial charge >= 0.3 is 0 Å². The Balaban J connectivity index is 2.59. The van der Waals surface area contributed by atoms with E-state index < -0.39 is 0 Å². The molecule has 0 spiro atoms. The minimum atomic E-state index is 0.0722. The number of hydrogen-bond acceptors (Lipinski definition) is 4. The van der Waals surface area contributed by atoms with Crippen molar-refractivity contribution in [1.82, 2.24) is 0 Å². The van der Waals surface area contributed by atoms with Crippen LogP contribution >= 0.6 is 24.0 Å². The van der Waals surface area contributed by atoms with E-state index in [1.807, 2.05) is 30.5 Å². The second kappa shape index (κ2) is 12.5. The van der Waals surface area contributed by atoms with Gasteiger partial charge in [0, 0.05) is 5.92 Å². The fourth-order valence-electron chi connectivity index (χ4n) is 3.13. The van der Waals surface area contributed by atoms with Crippen LogP contribution in [0.15, 0.2) is 43.0 Å². The number of rotatable bonds is 11. The largest absolute Gasteiger partial charge is 0.475 e. The van der Waals surface area contributed by atoms with Crippen LogP contribution in [0.3, 0.4) is 0 Å². The van der Waals surface area contributed by atoms with Crippen LogP contribution in [0, 0.1) is 17.8 Å². The molecular weight excluding hydrogens is 348 g/mol. The van der Waals surface area contributed by atoms with E-state index in [-0.39, 0.29) is 12.0 Å². The first kappa shape index (κ1) is 22.2. The Hall–Kier alpha value is -0.840. The van der Waals surface area contributed by atoms with Crippen molar-refractivity contribution in [3.8, 4) is 0 Å². The minimum absolute atomic E-state index is 0.0722. The standard InChI is InChI=1S/C21H32O2S2/c1-6-10-16(2)13-17(3)20(23-21(24)25-5)18(4)14-22-15-19-11-8-7-9-12-19/h6-9,11-12,16-18,20H,1,10,13-15H2,2-5H3/t16-,17-,18+,20-/m0/s1. The summed E-state index contributed by atoms with van der Waals surface area (Å²) < 4.78 is 12.6. The average molecular weight is 381 g/mol. The van der Waals surface area contributed by atoms with Crippen LogP contribution in [0.1, 0.15) is 39.2 Å². The van der Waals surface area contributed by atoms with Gasteiger partial charge in [-0.2, -0.15) is 0 Å². The van der Waals surface area contributed by atoms with Crippen LogP contribution in [-0.2, 0) is 16.1 Å². The van der Waals surface area contributed by atoms with Crippen molar-refractivity contribution in [2.75, 3.05) is 12.9 Å². The highest BCUT2D eigenvalue weighted by atomic mass is 32.2. The summed E-state index contributed by atoms with van der Waals surface area (Å²) in [6, 6.07) is 10.3. The van der Waals surface area contributed by atoms with Crippen molar-refractivity contribution in [3.05, 3.63) is 48.6 Å². The maximum absolute atomic E-state index is 6.09. The second-order valence-electron chi connectivity index (χ2n) is 6.86. The lowest BCUT2D eigenvalue weighted by Crippen LogP contribution is -2.34. The van der Waals surface area contributed by atoms with Gasteiger partial charge < -0.3 is 9.47 Å². The van der Waals surface area contributed by atoms with E-state index in [9.17, 15) is 0 Å². The zero-order valence-electron chi connectivity index (χ0n) is 15.9. The number of hydrogen-bond donors (Lipinski definition) is 0. The summed E-state index contributed by atoms with van der Waals surface area (Å²) >= 11 is 6.80. The van der Waals surface area contributed by atoms with E-state index in [0.29, 0.717) is 29.4 Å².